The average Bonchev–Trinajstić information content (AvgIpc) is 2.70. The van der Waals surface area contributed by atoms with Crippen LogP contribution in [-0.2, 0) is 9.63 Å². The minimum absolute atomic E-state index is 0.0143. The number of amidine groups is 1. The molecule has 8 heteroatoms. The van der Waals surface area contributed by atoms with Crippen molar-refractivity contribution in [2.24, 2.45) is 10.1 Å². The van der Waals surface area contributed by atoms with Crippen molar-refractivity contribution in [2.45, 2.75) is 0 Å². The summed E-state index contributed by atoms with van der Waals surface area (Å²) in [6.45, 7) is 0. The molecule has 1 amide bonds. The Morgan fingerprint density at radius 1 is 1.38 bits per heavy atom. The number of halogens is 2. The van der Waals surface area contributed by atoms with E-state index in [-0.39, 0.29) is 17.1 Å². The fourth-order valence-electron chi connectivity index (χ4n) is 1.66. The molecule has 1 aliphatic heterocycles. The van der Waals surface area contributed by atoms with Crippen molar-refractivity contribution in [2.75, 3.05) is 14.2 Å². The molecule has 6 nitrogen and oxygen atoms in total. The number of carbonyl (C=O) groups is 1. The molecule has 1 heterocycles. The first-order valence-corrected chi connectivity index (χ1v) is 5.77. The summed E-state index contributed by atoms with van der Waals surface area (Å²) in [5.74, 6) is -3.53. The molecule has 0 atom stereocenters. The standard InChI is InChI=1S/C13H11F2N3O3/c1-18-11(6-16-21-2)17-10(13(18)20)5-7-3-8(14)12(19)9(15)4-7/h3-6,19H,1-2H3/b10-5?,16-6+. The largest absolute Gasteiger partial charge is 0.503 e. The van der Waals surface area contributed by atoms with Crippen LogP contribution in [0.3, 0.4) is 0 Å². The fraction of sp³-hybridized carbons (Fsp3) is 0.154. The zero-order chi connectivity index (χ0) is 15.6. The summed E-state index contributed by atoms with van der Waals surface area (Å²) in [4.78, 5) is 21.6. The fourth-order valence-corrected chi connectivity index (χ4v) is 1.66. The number of aromatic hydroxyl groups is 1. The van der Waals surface area contributed by atoms with Crippen LogP contribution < -0.4 is 0 Å². The molecule has 2 rings (SSSR count). The lowest BCUT2D eigenvalue weighted by Gasteiger charge is -2.06. The van der Waals surface area contributed by atoms with E-state index in [0.29, 0.717) is 0 Å². The summed E-state index contributed by atoms with van der Waals surface area (Å²) in [6, 6.07) is 1.80. The van der Waals surface area contributed by atoms with Gasteiger partial charge in [0.05, 0.1) is 0 Å². The smallest absolute Gasteiger partial charge is 0.277 e. The second-order valence-electron chi connectivity index (χ2n) is 4.11. The van der Waals surface area contributed by atoms with Crippen LogP contribution in [0.2, 0.25) is 0 Å². The van der Waals surface area contributed by atoms with E-state index in [2.05, 4.69) is 15.0 Å². The van der Waals surface area contributed by atoms with E-state index >= 15 is 0 Å². The molecule has 110 valence electrons. The SMILES string of the molecule is CO/N=C/C1=NC(=Cc2cc(F)c(O)c(F)c2)C(=O)N1C. The van der Waals surface area contributed by atoms with Crippen molar-refractivity contribution in [1.82, 2.24) is 4.90 Å². The van der Waals surface area contributed by atoms with Gasteiger partial charge in [0.1, 0.15) is 19.0 Å². The number of oxime groups is 1. The molecule has 0 aromatic heterocycles. The molecule has 0 fully saturated rings. The van der Waals surface area contributed by atoms with E-state index in [9.17, 15) is 13.6 Å². The number of hydrogen-bond donors (Lipinski definition) is 1. The summed E-state index contributed by atoms with van der Waals surface area (Å²) in [5.41, 5.74) is 0.0489. The maximum Gasteiger partial charge on any atom is 0.277 e. The van der Waals surface area contributed by atoms with E-state index < -0.39 is 23.3 Å². The lowest BCUT2D eigenvalue weighted by Crippen LogP contribution is -2.28. The Bertz CT molecular complexity index is 660. The number of carbonyl (C=O) groups excluding carboxylic acids is 1. The van der Waals surface area contributed by atoms with Gasteiger partial charge in [-0.1, -0.05) is 5.16 Å². The van der Waals surface area contributed by atoms with Gasteiger partial charge in [0, 0.05) is 7.05 Å². The van der Waals surface area contributed by atoms with Gasteiger partial charge in [0.25, 0.3) is 5.91 Å². The number of phenolic OH excluding ortho intramolecular Hbond substituents is 1. The molecule has 1 N–H and O–H groups in total. The Hall–Kier alpha value is -2.77. The lowest BCUT2D eigenvalue weighted by molar-refractivity contribution is -0.121. The maximum absolute atomic E-state index is 13.2. The molecular weight excluding hydrogens is 284 g/mol. The van der Waals surface area contributed by atoms with Crippen LogP contribution in [0.4, 0.5) is 8.78 Å². The molecule has 1 aliphatic rings. The number of likely N-dealkylation sites (N-methyl/N-ethyl adjacent to an activating group) is 1. The molecular formula is C13H11F2N3O3. The number of phenols is 1. The van der Waals surface area contributed by atoms with Crippen molar-refractivity contribution in [3.05, 3.63) is 35.0 Å². The van der Waals surface area contributed by atoms with Crippen molar-refractivity contribution >= 4 is 24.0 Å². The van der Waals surface area contributed by atoms with Gasteiger partial charge < -0.3 is 9.94 Å². The molecule has 0 bridgehead atoms. The van der Waals surface area contributed by atoms with Gasteiger partial charge in [-0.2, -0.15) is 0 Å². The topological polar surface area (TPSA) is 74.5 Å². The third kappa shape index (κ3) is 2.88. The summed E-state index contributed by atoms with van der Waals surface area (Å²) >= 11 is 0. The number of rotatable bonds is 3. The Kier molecular flexibility index (Phi) is 3.97. The van der Waals surface area contributed by atoms with Crippen molar-refractivity contribution in [3.63, 3.8) is 0 Å². The molecule has 1 aromatic rings. The first-order valence-electron chi connectivity index (χ1n) is 5.77. The van der Waals surface area contributed by atoms with Crippen LogP contribution in [0.1, 0.15) is 5.56 Å². The highest BCUT2D eigenvalue weighted by atomic mass is 19.1. The number of benzene rings is 1. The van der Waals surface area contributed by atoms with Gasteiger partial charge in [-0.25, -0.2) is 13.8 Å². The Balaban J connectivity index is 2.39. The average molecular weight is 295 g/mol. The van der Waals surface area contributed by atoms with Gasteiger partial charge in [0.2, 0.25) is 0 Å². The Labute approximate surface area is 118 Å². The number of hydrogen-bond acceptors (Lipinski definition) is 5. The predicted molar refractivity (Wildman–Crippen MR) is 71.7 cm³/mol. The van der Waals surface area contributed by atoms with Gasteiger partial charge in [-0.3, -0.25) is 9.69 Å². The zero-order valence-electron chi connectivity index (χ0n) is 11.2. The zero-order valence-corrected chi connectivity index (χ0v) is 11.2. The molecule has 0 aliphatic carbocycles. The molecule has 21 heavy (non-hydrogen) atoms. The van der Waals surface area contributed by atoms with Gasteiger partial charge in [-0.15, -0.1) is 0 Å². The third-order valence-electron chi connectivity index (χ3n) is 2.72. The van der Waals surface area contributed by atoms with Crippen LogP contribution in [0.15, 0.2) is 28.0 Å². The van der Waals surface area contributed by atoms with E-state index in [1.165, 1.54) is 31.3 Å². The molecule has 0 radical (unpaired) electrons. The molecule has 0 saturated carbocycles. The van der Waals surface area contributed by atoms with E-state index in [1.807, 2.05) is 0 Å². The normalized spacial score (nSPS) is 17.0. The quantitative estimate of drug-likeness (QED) is 0.522. The van der Waals surface area contributed by atoms with Crippen LogP contribution in [0.5, 0.6) is 5.75 Å². The second-order valence-corrected chi connectivity index (χ2v) is 4.11. The monoisotopic (exact) mass is 295 g/mol. The number of aliphatic imine (C=N–C) groups is 1. The van der Waals surface area contributed by atoms with Crippen molar-refractivity contribution in [1.29, 1.82) is 0 Å². The highest BCUT2D eigenvalue weighted by molar-refractivity contribution is 6.37. The summed E-state index contributed by atoms with van der Waals surface area (Å²) < 4.78 is 26.5. The summed E-state index contributed by atoms with van der Waals surface area (Å²) in [7, 11) is 2.81. The highest BCUT2D eigenvalue weighted by Gasteiger charge is 2.26. The molecule has 0 spiro atoms. The molecule has 1 aromatic carbocycles. The molecule has 0 saturated heterocycles. The van der Waals surface area contributed by atoms with Crippen LogP contribution in [-0.4, -0.2) is 42.1 Å². The second kappa shape index (κ2) is 5.70. The Morgan fingerprint density at radius 3 is 2.57 bits per heavy atom. The first-order chi connectivity index (χ1) is 9.93. The van der Waals surface area contributed by atoms with Crippen LogP contribution >= 0.6 is 0 Å². The lowest BCUT2D eigenvalue weighted by atomic mass is 10.1. The Morgan fingerprint density at radius 2 is 2.00 bits per heavy atom. The van der Waals surface area contributed by atoms with E-state index in [0.717, 1.165) is 12.1 Å². The minimum atomic E-state index is -1.12. The number of nitrogens with zero attached hydrogens (tertiary/aromatic N) is 3. The third-order valence-corrected chi connectivity index (χ3v) is 2.72. The van der Waals surface area contributed by atoms with Gasteiger partial charge in [-0.05, 0) is 23.8 Å². The highest BCUT2D eigenvalue weighted by Crippen LogP contribution is 2.24. The van der Waals surface area contributed by atoms with Crippen molar-refractivity contribution < 1.29 is 23.5 Å². The number of amides is 1. The summed E-state index contributed by atoms with van der Waals surface area (Å²) in [5, 5.41) is 12.5. The minimum Gasteiger partial charge on any atom is -0.503 e. The van der Waals surface area contributed by atoms with Crippen LogP contribution in [0, 0.1) is 11.6 Å². The first kappa shape index (κ1) is 14.6. The molecule has 0 unspecified atom stereocenters. The van der Waals surface area contributed by atoms with E-state index in [1.54, 1.807) is 0 Å². The predicted octanol–water partition coefficient (Wildman–Crippen LogP) is 1.51. The van der Waals surface area contributed by atoms with E-state index in [4.69, 9.17) is 5.11 Å². The van der Waals surface area contributed by atoms with Crippen LogP contribution in [0.25, 0.3) is 6.08 Å². The van der Waals surface area contributed by atoms with Gasteiger partial charge in [0.15, 0.2) is 23.2 Å². The van der Waals surface area contributed by atoms with Crippen molar-refractivity contribution in [3.8, 4) is 5.75 Å². The summed E-state index contributed by atoms with van der Waals surface area (Å²) in [6.07, 6.45) is 2.44. The maximum atomic E-state index is 13.2. The van der Waals surface area contributed by atoms with Gasteiger partial charge >= 0.3 is 0 Å².